The molecule has 0 spiro atoms. The quantitative estimate of drug-likeness (QED) is 0.476. The lowest BCUT2D eigenvalue weighted by molar-refractivity contribution is -0.386. The lowest BCUT2D eigenvalue weighted by Gasteiger charge is -2.48. The van der Waals surface area contributed by atoms with Crippen LogP contribution in [0.15, 0.2) is 12.1 Å². The highest BCUT2D eigenvalue weighted by Crippen LogP contribution is 2.48. The van der Waals surface area contributed by atoms with E-state index in [2.05, 4.69) is 29.8 Å². The van der Waals surface area contributed by atoms with Gasteiger partial charge in [-0.3, -0.25) is 10.1 Å². The minimum Gasteiger partial charge on any atom is -0.483 e. The van der Waals surface area contributed by atoms with Crippen molar-refractivity contribution in [1.82, 2.24) is 0 Å². The smallest absolute Gasteiger partial charge is 0.311 e. The summed E-state index contributed by atoms with van der Waals surface area (Å²) in [6, 6.07) is 3.49. The summed E-state index contributed by atoms with van der Waals surface area (Å²) in [5, 5.41) is 11.2. The van der Waals surface area contributed by atoms with Crippen molar-refractivity contribution in [3.63, 3.8) is 0 Å². The molecule has 1 aliphatic carbocycles. The Labute approximate surface area is 121 Å². The summed E-state index contributed by atoms with van der Waals surface area (Å²) in [7, 11) is 0. The molecule has 1 saturated carbocycles. The van der Waals surface area contributed by atoms with E-state index in [9.17, 15) is 10.1 Å². The maximum Gasteiger partial charge on any atom is 0.311 e. The minimum atomic E-state index is -0.368. The summed E-state index contributed by atoms with van der Waals surface area (Å²) in [5.74, 6) is 0.410. The van der Waals surface area contributed by atoms with Crippen LogP contribution in [0.5, 0.6) is 5.75 Å². The summed E-state index contributed by atoms with van der Waals surface area (Å²) in [5.41, 5.74) is 1.75. The van der Waals surface area contributed by atoms with Crippen LogP contribution in [-0.2, 0) is 0 Å². The maximum absolute atomic E-state index is 11.2. The Hall–Kier alpha value is -1.10. The van der Waals surface area contributed by atoms with Gasteiger partial charge in [-0.1, -0.05) is 35.8 Å². The van der Waals surface area contributed by atoms with Crippen molar-refractivity contribution >= 4 is 21.6 Å². The van der Waals surface area contributed by atoms with E-state index < -0.39 is 0 Å². The molecule has 2 rings (SSSR count). The Bertz CT molecular complexity index is 528. The fourth-order valence-corrected chi connectivity index (χ4v) is 3.03. The molecule has 1 fully saturated rings. The summed E-state index contributed by atoms with van der Waals surface area (Å²) < 4.78 is 5.94. The molecule has 1 aromatic rings. The number of hydrogen-bond donors (Lipinski definition) is 0. The summed E-state index contributed by atoms with van der Waals surface area (Å²) in [6.07, 6.45) is 0.884. The molecule has 0 aromatic heterocycles. The number of aryl methyl sites for hydroxylation is 2. The number of nitrogens with zero attached hydrogens (tertiary/aromatic N) is 1. The van der Waals surface area contributed by atoms with Gasteiger partial charge in [-0.15, -0.1) is 0 Å². The molecule has 2 atom stereocenters. The predicted molar refractivity (Wildman–Crippen MR) is 78.1 cm³/mol. The van der Waals surface area contributed by atoms with Gasteiger partial charge in [-0.2, -0.15) is 0 Å². The molecule has 5 heteroatoms. The Morgan fingerprint density at radius 2 is 2.05 bits per heavy atom. The molecular formula is C14H18BrNO3. The molecule has 0 saturated heterocycles. The van der Waals surface area contributed by atoms with E-state index in [0.717, 1.165) is 17.5 Å². The second kappa shape index (κ2) is 4.78. The standard InChI is InChI=1S/C14H18BrNO3/c1-8-5-9(2)13(10(6-8)16(17)18)19-12-7-11(15)14(12,3)4/h5-6,11-12H,7H2,1-4H3. The molecule has 0 aliphatic heterocycles. The van der Waals surface area contributed by atoms with Crippen LogP contribution >= 0.6 is 15.9 Å². The molecule has 19 heavy (non-hydrogen) atoms. The topological polar surface area (TPSA) is 52.4 Å². The predicted octanol–water partition coefficient (Wildman–Crippen LogP) is 4.15. The van der Waals surface area contributed by atoms with Crippen LogP contribution in [0.2, 0.25) is 0 Å². The van der Waals surface area contributed by atoms with Crippen molar-refractivity contribution in [2.75, 3.05) is 0 Å². The van der Waals surface area contributed by atoms with Gasteiger partial charge in [-0.05, 0) is 31.4 Å². The van der Waals surface area contributed by atoms with E-state index in [-0.39, 0.29) is 22.1 Å². The molecule has 0 bridgehead atoms. The van der Waals surface area contributed by atoms with Crippen molar-refractivity contribution in [2.24, 2.45) is 5.41 Å². The van der Waals surface area contributed by atoms with E-state index in [4.69, 9.17) is 4.74 Å². The number of nitro groups is 1. The molecule has 4 nitrogen and oxygen atoms in total. The van der Waals surface area contributed by atoms with Gasteiger partial charge in [0.2, 0.25) is 0 Å². The first-order valence-electron chi connectivity index (χ1n) is 6.30. The summed E-state index contributed by atoms with van der Waals surface area (Å²) in [6.45, 7) is 7.92. The summed E-state index contributed by atoms with van der Waals surface area (Å²) in [4.78, 5) is 11.2. The summed E-state index contributed by atoms with van der Waals surface area (Å²) >= 11 is 3.60. The molecule has 0 heterocycles. The van der Waals surface area contributed by atoms with Crippen LogP contribution in [0.25, 0.3) is 0 Å². The second-order valence-electron chi connectivity index (χ2n) is 5.82. The zero-order chi connectivity index (χ0) is 14.4. The Morgan fingerprint density at radius 1 is 1.42 bits per heavy atom. The van der Waals surface area contributed by atoms with E-state index in [1.54, 1.807) is 6.07 Å². The second-order valence-corrected chi connectivity index (χ2v) is 6.92. The zero-order valence-corrected chi connectivity index (χ0v) is 13.2. The highest BCUT2D eigenvalue weighted by atomic mass is 79.9. The number of rotatable bonds is 3. The lowest BCUT2D eigenvalue weighted by atomic mass is 9.69. The van der Waals surface area contributed by atoms with E-state index in [1.807, 2.05) is 19.9 Å². The number of benzene rings is 1. The first kappa shape index (κ1) is 14.3. The van der Waals surface area contributed by atoms with Gasteiger partial charge in [0.05, 0.1) is 4.92 Å². The molecule has 0 radical (unpaired) electrons. The maximum atomic E-state index is 11.2. The fraction of sp³-hybridized carbons (Fsp3) is 0.571. The third kappa shape index (κ3) is 2.48. The Morgan fingerprint density at radius 3 is 2.53 bits per heavy atom. The van der Waals surface area contributed by atoms with Crippen LogP contribution < -0.4 is 4.74 Å². The zero-order valence-electron chi connectivity index (χ0n) is 11.6. The fourth-order valence-electron chi connectivity index (χ4n) is 2.40. The van der Waals surface area contributed by atoms with Crippen molar-refractivity contribution < 1.29 is 9.66 Å². The third-order valence-electron chi connectivity index (χ3n) is 3.91. The first-order valence-corrected chi connectivity index (χ1v) is 7.21. The monoisotopic (exact) mass is 327 g/mol. The van der Waals surface area contributed by atoms with Crippen molar-refractivity contribution in [2.45, 2.75) is 45.0 Å². The number of halogens is 1. The van der Waals surface area contributed by atoms with Gasteiger partial charge >= 0.3 is 5.69 Å². The van der Waals surface area contributed by atoms with Crippen molar-refractivity contribution in [3.8, 4) is 5.75 Å². The van der Waals surface area contributed by atoms with Gasteiger partial charge < -0.3 is 4.74 Å². The van der Waals surface area contributed by atoms with Crippen LogP contribution in [0.3, 0.4) is 0 Å². The van der Waals surface area contributed by atoms with Crippen molar-refractivity contribution in [3.05, 3.63) is 33.4 Å². The van der Waals surface area contributed by atoms with Crippen molar-refractivity contribution in [1.29, 1.82) is 0 Å². The van der Waals surface area contributed by atoms with E-state index in [1.165, 1.54) is 0 Å². The van der Waals surface area contributed by atoms with Gasteiger partial charge in [0.25, 0.3) is 0 Å². The van der Waals surface area contributed by atoms with Gasteiger partial charge in [0, 0.05) is 16.3 Å². The molecule has 1 aromatic carbocycles. The minimum absolute atomic E-state index is 0.00874. The highest BCUT2D eigenvalue weighted by Gasteiger charge is 2.49. The van der Waals surface area contributed by atoms with E-state index in [0.29, 0.717) is 10.6 Å². The number of hydrogen-bond acceptors (Lipinski definition) is 3. The van der Waals surface area contributed by atoms with Gasteiger partial charge in [0.1, 0.15) is 6.10 Å². The van der Waals surface area contributed by atoms with Crippen LogP contribution in [0, 0.1) is 29.4 Å². The number of ether oxygens (including phenoxy) is 1. The largest absolute Gasteiger partial charge is 0.483 e. The van der Waals surface area contributed by atoms with Crippen LogP contribution in [0.1, 0.15) is 31.4 Å². The molecule has 0 N–H and O–H groups in total. The SMILES string of the molecule is Cc1cc(C)c(OC2CC(Br)C2(C)C)c([N+](=O)[O-])c1. The lowest BCUT2D eigenvalue weighted by Crippen LogP contribution is -2.53. The molecule has 1 aliphatic rings. The Kier molecular flexibility index (Phi) is 3.60. The Balaban J connectivity index is 2.33. The van der Waals surface area contributed by atoms with Gasteiger partial charge in [0.15, 0.2) is 5.75 Å². The third-order valence-corrected chi connectivity index (χ3v) is 5.47. The van der Waals surface area contributed by atoms with Crippen LogP contribution in [0.4, 0.5) is 5.69 Å². The normalized spacial score (nSPS) is 24.7. The number of nitro benzene ring substituents is 1. The molecular weight excluding hydrogens is 310 g/mol. The molecule has 104 valence electrons. The average molecular weight is 328 g/mol. The van der Waals surface area contributed by atoms with Gasteiger partial charge in [-0.25, -0.2) is 0 Å². The van der Waals surface area contributed by atoms with E-state index >= 15 is 0 Å². The molecule has 0 amide bonds. The highest BCUT2D eigenvalue weighted by molar-refractivity contribution is 9.09. The number of alkyl halides is 1. The average Bonchev–Trinajstić information content (AvgIpc) is 2.30. The first-order chi connectivity index (χ1) is 8.73. The van der Waals surface area contributed by atoms with Crippen LogP contribution in [-0.4, -0.2) is 15.9 Å². The molecule has 2 unspecified atom stereocenters.